The van der Waals surface area contributed by atoms with Crippen LogP contribution in [0.1, 0.15) is 10.4 Å². The molecule has 0 aliphatic heterocycles. The van der Waals surface area contributed by atoms with Crippen LogP contribution in [0.4, 0.5) is 0 Å². The van der Waals surface area contributed by atoms with Gasteiger partial charge in [-0.05, 0) is 19.2 Å². The molecule has 6 nitrogen and oxygen atoms in total. The van der Waals surface area contributed by atoms with Crippen molar-refractivity contribution in [2.24, 2.45) is 0 Å². The van der Waals surface area contributed by atoms with Crippen molar-refractivity contribution >= 4 is 11.8 Å². The second kappa shape index (κ2) is 7.41. The van der Waals surface area contributed by atoms with Crippen molar-refractivity contribution < 1.29 is 14.7 Å². The second-order valence-corrected chi connectivity index (χ2v) is 3.83. The molecule has 0 fully saturated rings. The molecule has 1 aromatic carbocycles. The van der Waals surface area contributed by atoms with Crippen LogP contribution in [0, 0.1) is 0 Å². The SMILES string of the molecule is CN(CCO)CC(=O)NNC(=O)c1ccccc1. The number of hydrogen-bond acceptors (Lipinski definition) is 4. The first-order valence-corrected chi connectivity index (χ1v) is 5.57. The highest BCUT2D eigenvalue weighted by molar-refractivity contribution is 5.95. The lowest BCUT2D eigenvalue weighted by atomic mass is 10.2. The van der Waals surface area contributed by atoms with Crippen LogP contribution in [0.15, 0.2) is 30.3 Å². The summed E-state index contributed by atoms with van der Waals surface area (Å²) >= 11 is 0. The second-order valence-electron chi connectivity index (χ2n) is 3.83. The minimum absolute atomic E-state index is 0.0137. The number of nitrogens with zero attached hydrogens (tertiary/aromatic N) is 1. The molecule has 3 N–H and O–H groups in total. The maximum absolute atomic E-state index is 11.6. The fourth-order valence-electron chi connectivity index (χ4n) is 1.32. The maximum Gasteiger partial charge on any atom is 0.269 e. The first kappa shape index (κ1) is 14.1. The number of nitrogens with one attached hydrogen (secondary N) is 2. The van der Waals surface area contributed by atoms with Gasteiger partial charge in [0.25, 0.3) is 11.8 Å². The minimum atomic E-state index is -0.367. The highest BCUT2D eigenvalue weighted by Gasteiger charge is 2.08. The third-order valence-electron chi connectivity index (χ3n) is 2.25. The van der Waals surface area contributed by atoms with Crippen molar-refractivity contribution in [3.8, 4) is 0 Å². The molecule has 0 radical (unpaired) electrons. The van der Waals surface area contributed by atoms with E-state index in [1.54, 1.807) is 42.3 Å². The van der Waals surface area contributed by atoms with E-state index in [2.05, 4.69) is 10.9 Å². The van der Waals surface area contributed by atoms with Crippen LogP contribution in [-0.4, -0.2) is 48.6 Å². The Labute approximate surface area is 106 Å². The van der Waals surface area contributed by atoms with Crippen molar-refractivity contribution in [2.75, 3.05) is 26.7 Å². The Morgan fingerprint density at radius 3 is 2.50 bits per heavy atom. The highest BCUT2D eigenvalue weighted by Crippen LogP contribution is 1.96. The molecular formula is C12H17N3O3. The maximum atomic E-state index is 11.6. The highest BCUT2D eigenvalue weighted by atomic mass is 16.3. The van der Waals surface area contributed by atoms with E-state index in [1.165, 1.54) is 0 Å². The summed E-state index contributed by atoms with van der Waals surface area (Å²) in [7, 11) is 1.70. The van der Waals surface area contributed by atoms with E-state index in [1.807, 2.05) is 0 Å². The molecule has 0 saturated heterocycles. The Hall–Kier alpha value is -1.92. The minimum Gasteiger partial charge on any atom is -0.395 e. The molecule has 98 valence electrons. The summed E-state index contributed by atoms with van der Waals surface area (Å²) in [5.41, 5.74) is 5.10. The molecule has 18 heavy (non-hydrogen) atoms. The van der Waals surface area contributed by atoms with Crippen molar-refractivity contribution in [3.63, 3.8) is 0 Å². The van der Waals surface area contributed by atoms with Gasteiger partial charge in [0.05, 0.1) is 13.2 Å². The summed E-state index contributed by atoms with van der Waals surface area (Å²) in [6.45, 7) is 0.496. The van der Waals surface area contributed by atoms with E-state index in [9.17, 15) is 9.59 Å². The molecule has 0 aliphatic rings. The normalized spacial score (nSPS) is 10.2. The molecular weight excluding hydrogens is 234 g/mol. The fourth-order valence-corrected chi connectivity index (χ4v) is 1.32. The number of aliphatic hydroxyl groups excluding tert-OH is 1. The number of amides is 2. The zero-order valence-electron chi connectivity index (χ0n) is 10.2. The molecule has 0 heterocycles. The van der Waals surface area contributed by atoms with Crippen LogP contribution in [-0.2, 0) is 4.79 Å². The lowest BCUT2D eigenvalue weighted by molar-refractivity contribution is -0.122. The number of benzene rings is 1. The number of carbonyl (C=O) groups is 2. The number of hydrazine groups is 1. The standard InChI is InChI=1S/C12H17N3O3/c1-15(7-8-16)9-11(17)13-14-12(18)10-5-3-2-4-6-10/h2-6,16H,7-9H2,1H3,(H,13,17)(H,14,18). The van der Waals surface area contributed by atoms with Gasteiger partial charge >= 0.3 is 0 Å². The van der Waals surface area contributed by atoms with E-state index in [-0.39, 0.29) is 25.0 Å². The Bertz CT molecular complexity index is 395. The smallest absolute Gasteiger partial charge is 0.269 e. The quantitative estimate of drug-likeness (QED) is 0.609. The number of likely N-dealkylation sites (N-methyl/N-ethyl adjacent to an activating group) is 1. The van der Waals surface area contributed by atoms with Crippen LogP contribution >= 0.6 is 0 Å². The van der Waals surface area contributed by atoms with E-state index in [4.69, 9.17) is 5.11 Å². The predicted octanol–water partition coefficient (Wildman–Crippen LogP) is -0.628. The first-order valence-electron chi connectivity index (χ1n) is 5.57. The predicted molar refractivity (Wildman–Crippen MR) is 66.6 cm³/mol. The van der Waals surface area contributed by atoms with Crippen molar-refractivity contribution in [1.82, 2.24) is 15.8 Å². The van der Waals surface area contributed by atoms with Gasteiger partial charge in [0.15, 0.2) is 0 Å². The van der Waals surface area contributed by atoms with Gasteiger partial charge in [-0.25, -0.2) is 0 Å². The van der Waals surface area contributed by atoms with Crippen LogP contribution in [0.5, 0.6) is 0 Å². The van der Waals surface area contributed by atoms with Gasteiger partial charge in [0.1, 0.15) is 0 Å². The van der Waals surface area contributed by atoms with E-state index < -0.39 is 0 Å². The number of aliphatic hydroxyl groups is 1. The van der Waals surface area contributed by atoms with Gasteiger partial charge in [0.2, 0.25) is 0 Å². The lowest BCUT2D eigenvalue weighted by Gasteiger charge is -2.14. The Morgan fingerprint density at radius 1 is 1.22 bits per heavy atom. The Balaban J connectivity index is 2.33. The van der Waals surface area contributed by atoms with Gasteiger partial charge < -0.3 is 5.11 Å². The van der Waals surface area contributed by atoms with Crippen molar-refractivity contribution in [1.29, 1.82) is 0 Å². The molecule has 1 aromatic rings. The van der Waals surface area contributed by atoms with E-state index in [0.29, 0.717) is 12.1 Å². The largest absolute Gasteiger partial charge is 0.395 e. The molecule has 0 aromatic heterocycles. The molecule has 6 heteroatoms. The van der Waals surface area contributed by atoms with E-state index >= 15 is 0 Å². The zero-order chi connectivity index (χ0) is 13.4. The first-order chi connectivity index (χ1) is 8.63. The summed E-state index contributed by atoms with van der Waals surface area (Å²) in [5, 5.41) is 8.67. The summed E-state index contributed by atoms with van der Waals surface area (Å²) in [4.78, 5) is 24.6. The molecule has 0 saturated carbocycles. The molecule has 1 rings (SSSR count). The summed E-state index contributed by atoms with van der Waals surface area (Å²) in [6.07, 6.45) is 0. The fraction of sp³-hybridized carbons (Fsp3) is 0.333. The van der Waals surface area contributed by atoms with Gasteiger partial charge in [-0.15, -0.1) is 0 Å². The molecule has 0 spiro atoms. The van der Waals surface area contributed by atoms with Crippen LogP contribution in [0.3, 0.4) is 0 Å². The van der Waals surface area contributed by atoms with Crippen LogP contribution < -0.4 is 10.9 Å². The molecule has 0 bridgehead atoms. The van der Waals surface area contributed by atoms with Gasteiger partial charge in [-0.3, -0.25) is 25.3 Å². The molecule has 2 amide bonds. The average molecular weight is 251 g/mol. The van der Waals surface area contributed by atoms with Crippen molar-refractivity contribution in [2.45, 2.75) is 0 Å². The lowest BCUT2D eigenvalue weighted by Crippen LogP contribution is -2.46. The number of hydrogen-bond donors (Lipinski definition) is 3. The summed E-state index contributed by atoms with van der Waals surface area (Å²) in [5.74, 6) is -0.705. The molecule has 0 atom stereocenters. The summed E-state index contributed by atoms with van der Waals surface area (Å²) in [6, 6.07) is 8.59. The van der Waals surface area contributed by atoms with Gasteiger partial charge in [-0.2, -0.15) is 0 Å². The van der Waals surface area contributed by atoms with Gasteiger partial charge in [-0.1, -0.05) is 18.2 Å². The van der Waals surface area contributed by atoms with E-state index in [0.717, 1.165) is 0 Å². The number of rotatable bonds is 5. The average Bonchev–Trinajstić information content (AvgIpc) is 2.37. The third-order valence-corrected chi connectivity index (χ3v) is 2.25. The Morgan fingerprint density at radius 2 is 1.89 bits per heavy atom. The topological polar surface area (TPSA) is 81.7 Å². The molecule has 0 aliphatic carbocycles. The number of carbonyl (C=O) groups excluding carboxylic acids is 2. The third kappa shape index (κ3) is 4.94. The van der Waals surface area contributed by atoms with Crippen molar-refractivity contribution in [3.05, 3.63) is 35.9 Å². The monoisotopic (exact) mass is 251 g/mol. The molecule has 0 unspecified atom stereocenters. The Kier molecular flexibility index (Phi) is 5.83. The summed E-state index contributed by atoms with van der Waals surface area (Å²) < 4.78 is 0. The zero-order valence-corrected chi connectivity index (χ0v) is 10.2. The van der Waals surface area contributed by atoms with Crippen LogP contribution in [0.2, 0.25) is 0 Å². The van der Waals surface area contributed by atoms with Gasteiger partial charge in [0, 0.05) is 12.1 Å². The van der Waals surface area contributed by atoms with Crippen LogP contribution in [0.25, 0.3) is 0 Å².